The van der Waals surface area contributed by atoms with Gasteiger partial charge in [-0.25, -0.2) is 12.8 Å². The fraction of sp³-hybridized carbons (Fsp3) is 0.182. The maximum Gasteiger partial charge on any atom is 0.573 e. The lowest BCUT2D eigenvalue weighted by Crippen LogP contribution is -2.18. The number of halogens is 4. The number of aliphatic hydroxyl groups excluding tert-OH is 1. The van der Waals surface area contributed by atoms with Crippen molar-refractivity contribution in [2.45, 2.75) is 35.2 Å². The number of nitrogens with two attached hydrogens (primary N) is 1. The third-order valence-electron chi connectivity index (χ3n) is 4.71. The fourth-order valence-corrected chi connectivity index (χ4v) is 4.69. The topological polar surface area (TPSA) is 89.6 Å². The number of benzene rings is 3. The number of ether oxygens (including phenoxy) is 1. The van der Waals surface area contributed by atoms with Crippen LogP contribution in [0, 0.1) is 5.82 Å². The van der Waals surface area contributed by atoms with Crippen LogP contribution in [0.3, 0.4) is 0 Å². The molecule has 3 aromatic carbocycles. The van der Waals surface area contributed by atoms with Crippen LogP contribution in [0.5, 0.6) is 5.75 Å². The van der Waals surface area contributed by atoms with Gasteiger partial charge in [0.05, 0.1) is 4.90 Å². The Kier molecular flexibility index (Phi) is 6.59. The highest BCUT2D eigenvalue weighted by atomic mass is 32.2. The summed E-state index contributed by atoms with van der Waals surface area (Å²) in [6.45, 7) is 1.75. The lowest BCUT2D eigenvalue weighted by molar-refractivity contribution is -0.274. The molecule has 3 rings (SSSR count). The Morgan fingerprint density at radius 2 is 1.53 bits per heavy atom. The Bertz CT molecular complexity index is 1210. The first-order valence-corrected chi connectivity index (χ1v) is 10.8. The molecule has 0 radical (unpaired) electrons. The summed E-state index contributed by atoms with van der Waals surface area (Å²) in [6, 6.07) is 12.9. The Morgan fingerprint density at radius 3 is 2.09 bits per heavy atom. The first kappa shape index (κ1) is 23.7. The number of hydrogen-bond acceptors (Lipinski definition) is 5. The number of rotatable bonds is 6. The average Bonchev–Trinajstić information content (AvgIpc) is 2.72. The first-order chi connectivity index (χ1) is 14.9. The summed E-state index contributed by atoms with van der Waals surface area (Å²) >= 11 is 0. The van der Waals surface area contributed by atoms with Gasteiger partial charge in [0.2, 0.25) is 9.84 Å². The Hall–Kier alpha value is -2.95. The van der Waals surface area contributed by atoms with Crippen molar-refractivity contribution in [2.75, 3.05) is 0 Å². The van der Waals surface area contributed by atoms with Crippen LogP contribution >= 0.6 is 0 Å². The van der Waals surface area contributed by atoms with Crippen molar-refractivity contribution in [3.8, 4) is 5.75 Å². The van der Waals surface area contributed by atoms with Crippen LogP contribution in [0.25, 0.3) is 0 Å². The Labute approximate surface area is 182 Å². The lowest BCUT2D eigenvalue weighted by atomic mass is 9.99. The molecule has 0 saturated carbocycles. The van der Waals surface area contributed by atoms with Crippen LogP contribution in [0.15, 0.2) is 76.5 Å². The number of hydrogen-bond donors (Lipinski definition) is 2. The van der Waals surface area contributed by atoms with Gasteiger partial charge in [0, 0.05) is 11.6 Å². The van der Waals surface area contributed by atoms with Crippen molar-refractivity contribution >= 4 is 9.84 Å². The molecule has 0 saturated heterocycles. The fourth-order valence-electron chi connectivity index (χ4n) is 3.11. The molecule has 0 heterocycles. The van der Waals surface area contributed by atoms with Gasteiger partial charge in [0.25, 0.3) is 0 Å². The van der Waals surface area contributed by atoms with E-state index in [0.717, 1.165) is 29.8 Å². The third kappa shape index (κ3) is 5.09. The minimum atomic E-state index is -5.08. The molecule has 0 amide bonds. The van der Waals surface area contributed by atoms with E-state index in [1.165, 1.54) is 24.3 Å². The summed E-state index contributed by atoms with van der Waals surface area (Å²) in [7, 11) is -4.66. The van der Waals surface area contributed by atoms with E-state index >= 15 is 0 Å². The highest BCUT2D eigenvalue weighted by Gasteiger charge is 2.33. The summed E-state index contributed by atoms with van der Waals surface area (Å²) in [4.78, 5) is -1.46. The maximum atomic E-state index is 14.3. The van der Waals surface area contributed by atoms with Crippen molar-refractivity contribution in [1.29, 1.82) is 0 Å². The van der Waals surface area contributed by atoms with E-state index < -0.39 is 43.7 Å². The highest BCUT2D eigenvalue weighted by Crippen LogP contribution is 2.36. The molecule has 0 aromatic heterocycles. The number of alkyl halides is 3. The molecule has 3 N–H and O–H groups in total. The molecule has 0 fully saturated rings. The molecule has 2 atom stereocenters. The van der Waals surface area contributed by atoms with Gasteiger partial charge in [-0.2, -0.15) is 0 Å². The van der Waals surface area contributed by atoms with Crippen LogP contribution < -0.4 is 10.5 Å². The predicted molar refractivity (Wildman–Crippen MR) is 108 cm³/mol. The van der Waals surface area contributed by atoms with Gasteiger partial charge < -0.3 is 15.6 Å². The second kappa shape index (κ2) is 8.89. The van der Waals surface area contributed by atoms with Crippen molar-refractivity contribution in [1.82, 2.24) is 0 Å². The van der Waals surface area contributed by atoms with E-state index in [1.54, 1.807) is 19.1 Å². The Balaban J connectivity index is 2.16. The summed E-state index contributed by atoms with van der Waals surface area (Å²) in [5.41, 5.74) is 6.58. The van der Waals surface area contributed by atoms with Gasteiger partial charge >= 0.3 is 6.36 Å². The minimum Gasteiger partial charge on any atom is -0.406 e. The van der Waals surface area contributed by atoms with E-state index in [-0.39, 0.29) is 17.2 Å². The van der Waals surface area contributed by atoms with Crippen LogP contribution in [0.1, 0.15) is 35.8 Å². The molecule has 5 nitrogen and oxygen atoms in total. The maximum absolute atomic E-state index is 14.3. The summed E-state index contributed by atoms with van der Waals surface area (Å²) in [6.07, 6.45) is -6.61. The van der Waals surface area contributed by atoms with Gasteiger partial charge in [0.1, 0.15) is 22.6 Å². The molecule has 0 aliphatic rings. The van der Waals surface area contributed by atoms with E-state index in [1.807, 2.05) is 0 Å². The zero-order chi connectivity index (χ0) is 23.7. The molecule has 0 bridgehead atoms. The molecule has 10 heteroatoms. The predicted octanol–water partition coefficient (Wildman–Crippen LogP) is 4.66. The van der Waals surface area contributed by atoms with Gasteiger partial charge in [-0.3, -0.25) is 0 Å². The van der Waals surface area contributed by atoms with E-state index in [9.17, 15) is 31.1 Å². The molecule has 0 spiro atoms. The summed E-state index contributed by atoms with van der Waals surface area (Å²) in [5.74, 6) is -1.91. The molecular formula is C22H19F4NO4S. The second-order valence-electron chi connectivity index (χ2n) is 7.04. The highest BCUT2D eigenvalue weighted by molar-refractivity contribution is 7.91. The average molecular weight is 469 g/mol. The van der Waals surface area contributed by atoms with Crippen LogP contribution in [0.2, 0.25) is 0 Å². The largest absolute Gasteiger partial charge is 0.573 e. The molecule has 0 aliphatic carbocycles. The van der Waals surface area contributed by atoms with Gasteiger partial charge in [-0.15, -0.1) is 13.2 Å². The van der Waals surface area contributed by atoms with Crippen LogP contribution in [0.4, 0.5) is 17.6 Å². The zero-order valence-electron chi connectivity index (χ0n) is 16.7. The SMILES string of the molecule is CC(N)c1ccc(C(O)c2ccc(OC(F)(F)F)cc2S(=O)(=O)c2ccccc2F)cc1. The van der Waals surface area contributed by atoms with Crippen molar-refractivity contribution < 1.29 is 35.8 Å². The molecule has 3 aromatic rings. The van der Waals surface area contributed by atoms with Gasteiger partial charge in [-0.1, -0.05) is 42.5 Å². The summed E-state index contributed by atoms with van der Waals surface area (Å²) < 4.78 is 82.5. The molecule has 2 unspecified atom stereocenters. The van der Waals surface area contributed by atoms with Crippen molar-refractivity contribution in [2.24, 2.45) is 5.73 Å². The van der Waals surface area contributed by atoms with Crippen LogP contribution in [-0.2, 0) is 9.84 Å². The lowest BCUT2D eigenvalue weighted by Gasteiger charge is -2.19. The monoisotopic (exact) mass is 469 g/mol. The van der Waals surface area contributed by atoms with E-state index in [2.05, 4.69) is 4.74 Å². The quantitative estimate of drug-likeness (QED) is 0.513. The standard InChI is InChI=1S/C22H19F4NO4S/c1-13(27)14-6-8-15(9-7-14)21(28)17-11-10-16(31-22(24,25)26)12-20(17)32(29,30)19-5-3-2-4-18(19)23/h2-13,21,28H,27H2,1H3. The van der Waals surface area contributed by atoms with Crippen molar-refractivity contribution in [3.05, 3.63) is 89.2 Å². The smallest absolute Gasteiger partial charge is 0.406 e. The first-order valence-electron chi connectivity index (χ1n) is 9.33. The number of aliphatic hydroxyl groups is 1. The molecule has 32 heavy (non-hydrogen) atoms. The normalized spacial score (nSPS) is 14.1. The van der Waals surface area contributed by atoms with Gasteiger partial charge in [-0.05, 0) is 42.3 Å². The molecule has 170 valence electrons. The van der Waals surface area contributed by atoms with Gasteiger partial charge in [0.15, 0.2) is 0 Å². The number of sulfone groups is 1. The van der Waals surface area contributed by atoms with E-state index in [4.69, 9.17) is 5.73 Å². The third-order valence-corrected chi connectivity index (χ3v) is 6.55. The molecular weight excluding hydrogens is 450 g/mol. The van der Waals surface area contributed by atoms with Crippen molar-refractivity contribution in [3.63, 3.8) is 0 Å². The molecule has 0 aliphatic heterocycles. The van der Waals surface area contributed by atoms with E-state index in [0.29, 0.717) is 6.07 Å². The van der Waals surface area contributed by atoms with Crippen LogP contribution in [-0.4, -0.2) is 19.9 Å². The second-order valence-corrected chi connectivity index (χ2v) is 8.93. The summed E-state index contributed by atoms with van der Waals surface area (Å²) in [5, 5.41) is 10.9. The minimum absolute atomic E-state index is 0.240. The zero-order valence-corrected chi connectivity index (χ0v) is 17.5. The Morgan fingerprint density at radius 1 is 0.938 bits per heavy atom.